The summed E-state index contributed by atoms with van der Waals surface area (Å²) in [5.41, 5.74) is 4.09. The monoisotopic (exact) mass is 349 g/mol. The highest BCUT2D eigenvalue weighted by Crippen LogP contribution is 2.49. The molecule has 4 nitrogen and oxygen atoms in total. The van der Waals surface area contributed by atoms with Crippen LogP contribution in [0.25, 0.3) is 10.6 Å². The summed E-state index contributed by atoms with van der Waals surface area (Å²) in [6.45, 7) is 4.14. The number of hydrogen-bond acceptors (Lipinski definition) is 4. The van der Waals surface area contributed by atoms with E-state index in [0.717, 1.165) is 29.0 Å². The number of amides is 1. The molecule has 3 aromatic rings. The number of anilines is 1. The first-order chi connectivity index (χ1) is 12.1. The van der Waals surface area contributed by atoms with Gasteiger partial charge >= 0.3 is 0 Å². The highest BCUT2D eigenvalue weighted by molar-refractivity contribution is 7.18. The molecule has 0 bridgehead atoms. The van der Waals surface area contributed by atoms with Gasteiger partial charge in [0.05, 0.1) is 5.41 Å². The molecule has 1 N–H and O–H groups in total. The van der Waals surface area contributed by atoms with Gasteiger partial charge in [-0.15, -0.1) is 10.2 Å². The van der Waals surface area contributed by atoms with Crippen LogP contribution in [0.2, 0.25) is 0 Å². The first-order valence-corrected chi connectivity index (χ1v) is 9.18. The zero-order valence-corrected chi connectivity index (χ0v) is 15.1. The summed E-state index contributed by atoms with van der Waals surface area (Å²) >= 11 is 1.41. The van der Waals surface area contributed by atoms with Crippen molar-refractivity contribution < 1.29 is 4.79 Å². The van der Waals surface area contributed by atoms with Crippen LogP contribution in [0.5, 0.6) is 0 Å². The van der Waals surface area contributed by atoms with Gasteiger partial charge in [0, 0.05) is 5.56 Å². The second kappa shape index (κ2) is 6.08. The Balaban J connectivity index is 1.55. The Labute approximate surface area is 150 Å². The number of carbonyl (C=O) groups is 1. The third-order valence-corrected chi connectivity index (χ3v) is 5.51. The maximum absolute atomic E-state index is 12.9. The molecule has 126 valence electrons. The molecule has 0 unspecified atom stereocenters. The molecule has 4 rings (SSSR count). The van der Waals surface area contributed by atoms with Gasteiger partial charge in [-0.05, 0) is 32.3 Å². The van der Waals surface area contributed by atoms with E-state index >= 15 is 0 Å². The number of nitrogens with zero attached hydrogens (tertiary/aromatic N) is 2. The standard InChI is InChI=1S/C20H19N3OS/c1-13-10-14(2)12-16(11-13)20(8-9-20)18(24)21-19-23-22-17(25-19)15-6-4-3-5-7-15/h3-7,10-12H,8-9H2,1-2H3,(H,21,23,24). The Morgan fingerprint density at radius 2 is 1.72 bits per heavy atom. The molecule has 0 saturated heterocycles. The quantitative estimate of drug-likeness (QED) is 0.755. The Morgan fingerprint density at radius 3 is 2.36 bits per heavy atom. The minimum Gasteiger partial charge on any atom is -0.300 e. The number of hydrogen-bond donors (Lipinski definition) is 1. The molecule has 1 fully saturated rings. The van der Waals surface area contributed by atoms with E-state index in [1.54, 1.807) is 0 Å². The minimum absolute atomic E-state index is 0.0215. The number of aryl methyl sites for hydroxylation is 2. The molecule has 1 saturated carbocycles. The lowest BCUT2D eigenvalue weighted by molar-refractivity contribution is -0.118. The van der Waals surface area contributed by atoms with Crippen LogP contribution in [-0.4, -0.2) is 16.1 Å². The fourth-order valence-electron chi connectivity index (χ4n) is 3.21. The summed E-state index contributed by atoms with van der Waals surface area (Å²) in [6.07, 6.45) is 1.76. The fraction of sp³-hybridized carbons (Fsp3) is 0.250. The molecular formula is C20H19N3OS. The maximum atomic E-state index is 12.9. The highest BCUT2D eigenvalue weighted by atomic mass is 32.1. The van der Waals surface area contributed by atoms with Crippen molar-refractivity contribution in [2.45, 2.75) is 32.1 Å². The van der Waals surface area contributed by atoms with Crippen LogP contribution in [0.4, 0.5) is 5.13 Å². The van der Waals surface area contributed by atoms with Crippen molar-refractivity contribution >= 4 is 22.4 Å². The molecule has 0 radical (unpaired) electrons. The van der Waals surface area contributed by atoms with Crippen molar-refractivity contribution in [1.29, 1.82) is 0 Å². The molecular weight excluding hydrogens is 330 g/mol. The van der Waals surface area contributed by atoms with E-state index < -0.39 is 5.41 Å². The molecule has 2 aromatic carbocycles. The van der Waals surface area contributed by atoms with Gasteiger partial charge in [0.25, 0.3) is 0 Å². The number of aromatic nitrogens is 2. The topological polar surface area (TPSA) is 54.9 Å². The van der Waals surface area contributed by atoms with Crippen molar-refractivity contribution in [1.82, 2.24) is 10.2 Å². The van der Waals surface area contributed by atoms with Crippen LogP contribution in [-0.2, 0) is 10.2 Å². The Kier molecular flexibility index (Phi) is 3.88. The first kappa shape index (κ1) is 16.0. The van der Waals surface area contributed by atoms with E-state index in [0.29, 0.717) is 5.13 Å². The molecule has 0 atom stereocenters. The SMILES string of the molecule is Cc1cc(C)cc(C2(C(=O)Nc3nnc(-c4ccccc4)s3)CC2)c1. The van der Waals surface area contributed by atoms with Crippen LogP contribution in [0.3, 0.4) is 0 Å². The van der Waals surface area contributed by atoms with E-state index in [4.69, 9.17) is 0 Å². The van der Waals surface area contributed by atoms with E-state index in [1.807, 2.05) is 30.3 Å². The number of benzene rings is 2. The molecule has 5 heteroatoms. The summed E-state index contributed by atoms with van der Waals surface area (Å²) in [4.78, 5) is 12.9. The van der Waals surface area contributed by atoms with Crippen molar-refractivity contribution in [2.24, 2.45) is 0 Å². The maximum Gasteiger partial charge on any atom is 0.236 e. The minimum atomic E-state index is -0.407. The molecule has 25 heavy (non-hydrogen) atoms. The van der Waals surface area contributed by atoms with Crippen LogP contribution in [0.15, 0.2) is 48.5 Å². The molecule has 1 aromatic heterocycles. The predicted octanol–water partition coefficient (Wildman–Crippen LogP) is 4.49. The van der Waals surface area contributed by atoms with Gasteiger partial charge in [-0.25, -0.2) is 0 Å². The van der Waals surface area contributed by atoms with Crippen LogP contribution >= 0.6 is 11.3 Å². The molecule has 0 spiro atoms. The predicted molar refractivity (Wildman–Crippen MR) is 101 cm³/mol. The highest BCUT2D eigenvalue weighted by Gasteiger charge is 2.51. The normalized spacial score (nSPS) is 15.0. The summed E-state index contributed by atoms with van der Waals surface area (Å²) in [6, 6.07) is 16.3. The lowest BCUT2D eigenvalue weighted by Gasteiger charge is -2.16. The molecule has 1 heterocycles. The summed E-state index contributed by atoms with van der Waals surface area (Å²) in [7, 11) is 0. The zero-order chi connectivity index (χ0) is 17.4. The number of nitrogens with one attached hydrogen (secondary N) is 1. The van der Waals surface area contributed by atoms with Crippen molar-refractivity contribution in [3.63, 3.8) is 0 Å². The second-order valence-electron chi connectivity index (χ2n) is 6.69. The summed E-state index contributed by atoms with van der Waals surface area (Å²) < 4.78 is 0. The summed E-state index contributed by atoms with van der Waals surface area (Å²) in [5.74, 6) is 0.0215. The third-order valence-electron chi connectivity index (χ3n) is 4.63. The van der Waals surface area contributed by atoms with Gasteiger partial charge < -0.3 is 0 Å². The third kappa shape index (κ3) is 3.07. The van der Waals surface area contributed by atoms with Crippen molar-refractivity contribution in [3.05, 3.63) is 65.2 Å². The van der Waals surface area contributed by atoms with E-state index in [-0.39, 0.29) is 5.91 Å². The lowest BCUT2D eigenvalue weighted by Crippen LogP contribution is -2.28. The molecule has 1 aliphatic carbocycles. The van der Waals surface area contributed by atoms with Crippen molar-refractivity contribution in [2.75, 3.05) is 5.32 Å². The lowest BCUT2D eigenvalue weighted by atomic mass is 9.92. The van der Waals surface area contributed by atoms with Crippen molar-refractivity contribution in [3.8, 4) is 10.6 Å². The van der Waals surface area contributed by atoms with Gasteiger partial charge in [0.1, 0.15) is 5.01 Å². The second-order valence-corrected chi connectivity index (χ2v) is 7.67. The Bertz CT molecular complexity index is 909. The van der Waals surface area contributed by atoms with Gasteiger partial charge in [0.2, 0.25) is 11.0 Å². The number of rotatable bonds is 4. The van der Waals surface area contributed by atoms with Gasteiger partial charge in [-0.3, -0.25) is 10.1 Å². The Hall–Kier alpha value is -2.53. The van der Waals surface area contributed by atoms with Gasteiger partial charge in [0.15, 0.2) is 0 Å². The molecule has 1 aliphatic rings. The molecule has 1 amide bonds. The smallest absolute Gasteiger partial charge is 0.236 e. The molecule has 0 aliphatic heterocycles. The van der Waals surface area contributed by atoms with Crippen LogP contribution in [0.1, 0.15) is 29.5 Å². The van der Waals surface area contributed by atoms with E-state index in [2.05, 4.69) is 47.6 Å². The average Bonchev–Trinajstić information content (AvgIpc) is 3.29. The van der Waals surface area contributed by atoms with E-state index in [9.17, 15) is 4.79 Å². The average molecular weight is 349 g/mol. The van der Waals surface area contributed by atoms with Crippen LogP contribution in [0, 0.1) is 13.8 Å². The van der Waals surface area contributed by atoms with E-state index in [1.165, 1.54) is 22.5 Å². The van der Waals surface area contributed by atoms with Crippen LogP contribution < -0.4 is 5.32 Å². The zero-order valence-electron chi connectivity index (χ0n) is 14.2. The largest absolute Gasteiger partial charge is 0.300 e. The summed E-state index contributed by atoms with van der Waals surface area (Å²) in [5, 5.41) is 12.7. The fourth-order valence-corrected chi connectivity index (χ4v) is 3.95. The van der Waals surface area contributed by atoms with Gasteiger partial charge in [-0.2, -0.15) is 0 Å². The van der Waals surface area contributed by atoms with Gasteiger partial charge in [-0.1, -0.05) is 71.0 Å². The first-order valence-electron chi connectivity index (χ1n) is 8.36. The number of carbonyl (C=O) groups excluding carboxylic acids is 1. The Morgan fingerprint density at radius 1 is 1.04 bits per heavy atom.